The summed E-state index contributed by atoms with van der Waals surface area (Å²) in [6.07, 6.45) is 5.62. The summed E-state index contributed by atoms with van der Waals surface area (Å²) in [5, 5.41) is 3.45. The average molecular weight is 205 g/mol. The molecular formula is C12H19N3. The molecule has 0 aliphatic heterocycles. The van der Waals surface area contributed by atoms with Crippen LogP contribution in [-0.4, -0.2) is 11.0 Å². The molecule has 2 atom stereocenters. The van der Waals surface area contributed by atoms with E-state index in [0.717, 1.165) is 23.0 Å². The van der Waals surface area contributed by atoms with Gasteiger partial charge in [-0.25, -0.2) is 4.98 Å². The van der Waals surface area contributed by atoms with Gasteiger partial charge in [-0.05, 0) is 37.3 Å². The smallest absolute Gasteiger partial charge is 0.126 e. The Morgan fingerprint density at radius 3 is 3.07 bits per heavy atom. The monoisotopic (exact) mass is 205 g/mol. The molecule has 15 heavy (non-hydrogen) atoms. The molecule has 1 aromatic heterocycles. The van der Waals surface area contributed by atoms with Crippen LogP contribution in [0.2, 0.25) is 0 Å². The molecule has 3 heteroatoms. The minimum absolute atomic E-state index is 0.639. The van der Waals surface area contributed by atoms with Gasteiger partial charge in [0.25, 0.3) is 0 Å². The van der Waals surface area contributed by atoms with Crippen LogP contribution in [0.25, 0.3) is 0 Å². The first-order valence-corrected chi connectivity index (χ1v) is 5.69. The number of nitrogens with two attached hydrogens (primary N) is 1. The van der Waals surface area contributed by atoms with E-state index in [1.54, 1.807) is 6.20 Å². The first-order valence-electron chi connectivity index (χ1n) is 5.69. The second-order valence-electron chi connectivity index (χ2n) is 4.46. The predicted octanol–water partition coefficient (Wildman–Crippen LogP) is 2.57. The number of aromatic nitrogens is 1. The van der Waals surface area contributed by atoms with E-state index < -0.39 is 0 Å². The zero-order valence-corrected chi connectivity index (χ0v) is 9.46. The molecule has 0 saturated heterocycles. The zero-order chi connectivity index (χ0) is 10.8. The van der Waals surface area contributed by atoms with Gasteiger partial charge in [0, 0.05) is 6.04 Å². The number of rotatable bonds is 4. The molecule has 82 valence electrons. The molecule has 0 radical (unpaired) electrons. The summed E-state index contributed by atoms with van der Waals surface area (Å²) in [7, 11) is 0. The normalized spacial score (nSPS) is 23.9. The fourth-order valence-corrected chi connectivity index (χ4v) is 1.95. The quantitative estimate of drug-likeness (QED) is 0.794. The second-order valence-corrected chi connectivity index (χ2v) is 4.46. The van der Waals surface area contributed by atoms with Gasteiger partial charge in [-0.1, -0.05) is 13.3 Å². The summed E-state index contributed by atoms with van der Waals surface area (Å²) in [6, 6.07) is 2.66. The molecule has 1 aromatic rings. The highest BCUT2D eigenvalue weighted by molar-refractivity contribution is 5.51. The van der Waals surface area contributed by atoms with E-state index in [9.17, 15) is 0 Å². The van der Waals surface area contributed by atoms with Crippen LogP contribution in [0, 0.1) is 12.8 Å². The SMILES string of the molecule is CCCC1CC1Nc1cc(C)c(N)cn1. The average Bonchev–Trinajstić information content (AvgIpc) is 2.91. The number of hydrogen-bond acceptors (Lipinski definition) is 3. The molecule has 3 nitrogen and oxygen atoms in total. The Morgan fingerprint density at radius 2 is 2.40 bits per heavy atom. The van der Waals surface area contributed by atoms with Gasteiger partial charge in [0.2, 0.25) is 0 Å². The molecule has 0 amide bonds. The summed E-state index contributed by atoms with van der Waals surface area (Å²) in [5.74, 6) is 1.82. The van der Waals surface area contributed by atoms with Gasteiger partial charge in [-0.3, -0.25) is 0 Å². The highest BCUT2D eigenvalue weighted by Crippen LogP contribution is 2.37. The summed E-state index contributed by atoms with van der Waals surface area (Å²) < 4.78 is 0. The molecule has 2 unspecified atom stereocenters. The number of nitrogen functional groups attached to an aromatic ring is 1. The summed E-state index contributed by atoms with van der Waals surface area (Å²) in [6.45, 7) is 4.25. The Kier molecular flexibility index (Phi) is 2.80. The highest BCUT2D eigenvalue weighted by atomic mass is 15.0. The van der Waals surface area contributed by atoms with Crippen LogP contribution in [0.5, 0.6) is 0 Å². The molecule has 1 heterocycles. The van der Waals surface area contributed by atoms with E-state index in [0.29, 0.717) is 6.04 Å². The van der Waals surface area contributed by atoms with Crippen molar-refractivity contribution in [3.63, 3.8) is 0 Å². The fourth-order valence-electron chi connectivity index (χ4n) is 1.95. The Bertz CT molecular complexity index is 349. The molecule has 0 aromatic carbocycles. The van der Waals surface area contributed by atoms with E-state index in [1.165, 1.54) is 19.3 Å². The standard InChI is InChI=1S/C12H19N3/c1-3-4-9-6-11(9)15-12-5-8(2)10(13)7-14-12/h5,7,9,11H,3-4,6,13H2,1-2H3,(H,14,15). The third-order valence-corrected chi connectivity index (χ3v) is 3.07. The van der Waals surface area contributed by atoms with Crippen molar-refractivity contribution < 1.29 is 0 Å². The largest absolute Gasteiger partial charge is 0.397 e. The van der Waals surface area contributed by atoms with E-state index >= 15 is 0 Å². The van der Waals surface area contributed by atoms with Gasteiger partial charge < -0.3 is 11.1 Å². The van der Waals surface area contributed by atoms with Crippen molar-refractivity contribution in [3.8, 4) is 0 Å². The molecule has 1 aliphatic rings. The number of nitrogens with one attached hydrogen (secondary N) is 1. The van der Waals surface area contributed by atoms with Gasteiger partial charge >= 0.3 is 0 Å². The fraction of sp³-hybridized carbons (Fsp3) is 0.583. The van der Waals surface area contributed by atoms with Crippen molar-refractivity contribution in [1.29, 1.82) is 0 Å². The molecule has 1 saturated carbocycles. The molecule has 0 bridgehead atoms. The van der Waals surface area contributed by atoms with Gasteiger partial charge in [0.1, 0.15) is 5.82 Å². The van der Waals surface area contributed by atoms with E-state index in [4.69, 9.17) is 5.73 Å². The number of aryl methyl sites for hydroxylation is 1. The Morgan fingerprint density at radius 1 is 1.60 bits per heavy atom. The maximum absolute atomic E-state index is 5.72. The molecule has 2 rings (SSSR count). The minimum Gasteiger partial charge on any atom is -0.397 e. The molecule has 0 spiro atoms. The topological polar surface area (TPSA) is 50.9 Å². The maximum atomic E-state index is 5.72. The predicted molar refractivity (Wildman–Crippen MR) is 63.8 cm³/mol. The van der Waals surface area contributed by atoms with Crippen molar-refractivity contribution in [3.05, 3.63) is 17.8 Å². The van der Waals surface area contributed by atoms with Crippen molar-refractivity contribution in [2.24, 2.45) is 5.92 Å². The summed E-state index contributed by atoms with van der Waals surface area (Å²) >= 11 is 0. The van der Waals surface area contributed by atoms with Crippen molar-refractivity contribution in [2.75, 3.05) is 11.1 Å². The van der Waals surface area contributed by atoms with Crippen LogP contribution in [-0.2, 0) is 0 Å². The van der Waals surface area contributed by atoms with Crippen LogP contribution in [0.4, 0.5) is 11.5 Å². The maximum Gasteiger partial charge on any atom is 0.126 e. The molecule has 1 fully saturated rings. The van der Waals surface area contributed by atoms with E-state index in [1.807, 2.05) is 13.0 Å². The van der Waals surface area contributed by atoms with Crippen LogP contribution in [0.3, 0.4) is 0 Å². The number of anilines is 2. The molecule has 3 N–H and O–H groups in total. The molecular weight excluding hydrogens is 186 g/mol. The lowest BCUT2D eigenvalue weighted by Gasteiger charge is -2.06. The lowest BCUT2D eigenvalue weighted by atomic mass is 10.2. The number of pyridine rings is 1. The van der Waals surface area contributed by atoms with E-state index in [-0.39, 0.29) is 0 Å². The Labute approximate surface area is 91.1 Å². The summed E-state index contributed by atoms with van der Waals surface area (Å²) in [5.41, 5.74) is 7.58. The highest BCUT2D eigenvalue weighted by Gasteiger charge is 2.36. The number of nitrogens with zero attached hydrogens (tertiary/aromatic N) is 1. The lowest BCUT2D eigenvalue weighted by molar-refractivity contribution is 0.692. The summed E-state index contributed by atoms with van der Waals surface area (Å²) in [4.78, 5) is 4.28. The Hall–Kier alpha value is -1.25. The van der Waals surface area contributed by atoms with Gasteiger partial charge in [0.05, 0.1) is 11.9 Å². The number of hydrogen-bond donors (Lipinski definition) is 2. The van der Waals surface area contributed by atoms with Crippen LogP contribution >= 0.6 is 0 Å². The van der Waals surface area contributed by atoms with E-state index in [2.05, 4.69) is 17.2 Å². The molecule has 1 aliphatic carbocycles. The third kappa shape index (κ3) is 2.41. The van der Waals surface area contributed by atoms with Gasteiger partial charge in [0.15, 0.2) is 0 Å². The van der Waals surface area contributed by atoms with Gasteiger partial charge in [-0.15, -0.1) is 0 Å². The van der Waals surface area contributed by atoms with Crippen LogP contribution in [0.1, 0.15) is 31.7 Å². The van der Waals surface area contributed by atoms with Crippen LogP contribution in [0.15, 0.2) is 12.3 Å². The first-order chi connectivity index (χ1) is 7.20. The van der Waals surface area contributed by atoms with Gasteiger partial charge in [-0.2, -0.15) is 0 Å². The van der Waals surface area contributed by atoms with Crippen LogP contribution < -0.4 is 11.1 Å². The Balaban J connectivity index is 1.92. The first kappa shape index (κ1) is 10.3. The van der Waals surface area contributed by atoms with Crippen molar-refractivity contribution >= 4 is 11.5 Å². The van der Waals surface area contributed by atoms with Crippen molar-refractivity contribution in [1.82, 2.24) is 4.98 Å². The van der Waals surface area contributed by atoms with Crippen molar-refractivity contribution in [2.45, 2.75) is 39.2 Å². The zero-order valence-electron chi connectivity index (χ0n) is 9.46. The third-order valence-electron chi connectivity index (χ3n) is 3.07. The second kappa shape index (κ2) is 4.09. The minimum atomic E-state index is 0.639. The lowest BCUT2D eigenvalue weighted by Crippen LogP contribution is -2.07.